The monoisotopic (exact) mass is 586 g/mol. The smallest absolute Gasteiger partial charge is 0.373 e. The molecule has 0 bridgehead atoms. The molecule has 0 unspecified atom stereocenters. The summed E-state index contributed by atoms with van der Waals surface area (Å²) in [4.78, 5) is 6.12. The van der Waals surface area contributed by atoms with Gasteiger partial charge in [-0.05, 0) is 119 Å². The van der Waals surface area contributed by atoms with Crippen LogP contribution in [0, 0.1) is 5.92 Å². The second-order valence-electron chi connectivity index (χ2n) is 12.2. The average molecular weight is 587 g/mol. The number of anilines is 3. The molecule has 1 N–H and O–H groups in total. The number of nitrogens with one attached hydrogen (secondary N) is 1. The Morgan fingerprint density at radius 3 is 2.49 bits per heavy atom. The second-order valence-corrected chi connectivity index (χ2v) is 12.6. The van der Waals surface area contributed by atoms with Gasteiger partial charge in [-0.1, -0.05) is 31.7 Å². The van der Waals surface area contributed by atoms with E-state index in [1.165, 1.54) is 11.6 Å². The van der Waals surface area contributed by atoms with Gasteiger partial charge in [0, 0.05) is 41.5 Å². The number of aryl methyl sites for hydroxylation is 1. The fourth-order valence-electron chi connectivity index (χ4n) is 6.98. The predicted molar refractivity (Wildman–Crippen MR) is 165 cm³/mol. The number of nitrogens with zero attached hydrogens (tertiary/aromatic N) is 3. The van der Waals surface area contributed by atoms with Gasteiger partial charge in [0.2, 0.25) is 0 Å². The molecule has 1 spiro atoms. The summed E-state index contributed by atoms with van der Waals surface area (Å²) in [7, 11) is 1.87. The highest BCUT2D eigenvalue weighted by Crippen LogP contribution is 2.50. The van der Waals surface area contributed by atoms with E-state index in [1.54, 1.807) is 11.1 Å². The molecule has 1 saturated carbocycles. The maximum Gasteiger partial charge on any atom is 0.418 e. The highest BCUT2D eigenvalue weighted by molar-refractivity contribution is 6.30. The van der Waals surface area contributed by atoms with Crippen LogP contribution in [0.25, 0.3) is 0 Å². The van der Waals surface area contributed by atoms with Gasteiger partial charge in [0.05, 0.1) is 16.9 Å². The van der Waals surface area contributed by atoms with Crippen molar-refractivity contribution < 1.29 is 13.2 Å². The Morgan fingerprint density at radius 2 is 1.88 bits per heavy atom. The Bertz CT molecular complexity index is 1290. The van der Waals surface area contributed by atoms with Crippen LogP contribution >= 0.6 is 11.6 Å². The number of alkyl halides is 3. The van der Waals surface area contributed by atoms with Crippen molar-refractivity contribution in [2.75, 3.05) is 48.3 Å². The number of halogens is 4. The van der Waals surface area contributed by atoms with Crippen molar-refractivity contribution >= 4 is 28.7 Å². The number of fused-ring (bicyclic) bond motifs is 2. The van der Waals surface area contributed by atoms with Crippen LogP contribution in [0.3, 0.4) is 0 Å². The molecule has 4 nitrogen and oxygen atoms in total. The van der Waals surface area contributed by atoms with Crippen molar-refractivity contribution in [2.45, 2.75) is 70.0 Å². The molecule has 0 aromatic heterocycles. The first kappa shape index (κ1) is 29.8. The molecule has 41 heavy (non-hydrogen) atoms. The standard InChI is InChI=1S/C33H42ClF3N4/c1-6-39(5)30-20-24(19-28(33(35,36)37)31(30)41(7-2)26-17-22(3)18-26)9-8-14-40-15-12-32(13-16-40)23(4)38-29-11-10-25(34)21-27(29)32/h7,10-11,19-22,26,38H,2,4,6,8-9,12-18H2,1,3,5H3. The van der Waals surface area contributed by atoms with Crippen LogP contribution in [0.15, 0.2) is 55.4 Å². The Kier molecular flexibility index (Phi) is 8.41. The maximum absolute atomic E-state index is 14.5. The molecular formula is C33H42ClF3N4. The van der Waals surface area contributed by atoms with Gasteiger partial charge in [0.15, 0.2) is 0 Å². The zero-order valence-corrected chi connectivity index (χ0v) is 25.2. The van der Waals surface area contributed by atoms with Crippen molar-refractivity contribution in [2.24, 2.45) is 5.92 Å². The molecule has 2 heterocycles. The topological polar surface area (TPSA) is 21.8 Å². The van der Waals surface area contributed by atoms with Crippen molar-refractivity contribution in [1.82, 2.24) is 4.90 Å². The van der Waals surface area contributed by atoms with Crippen LogP contribution in [-0.4, -0.2) is 44.2 Å². The van der Waals surface area contributed by atoms with Crippen molar-refractivity contribution in [3.05, 3.63) is 77.1 Å². The number of hydrogen-bond acceptors (Lipinski definition) is 4. The molecule has 222 valence electrons. The van der Waals surface area contributed by atoms with Gasteiger partial charge >= 0.3 is 6.18 Å². The lowest BCUT2D eigenvalue weighted by atomic mass is 9.72. The van der Waals surface area contributed by atoms with Gasteiger partial charge in [-0.3, -0.25) is 0 Å². The Hall–Kier alpha value is -2.64. The lowest BCUT2D eigenvalue weighted by molar-refractivity contribution is -0.137. The molecular weight excluding hydrogens is 545 g/mol. The van der Waals surface area contributed by atoms with Gasteiger partial charge in [-0.25, -0.2) is 0 Å². The summed E-state index contributed by atoms with van der Waals surface area (Å²) in [5.74, 6) is 0.517. The van der Waals surface area contributed by atoms with Gasteiger partial charge in [0.25, 0.3) is 0 Å². The predicted octanol–water partition coefficient (Wildman–Crippen LogP) is 8.47. The SMILES string of the molecule is C=CN(c1c(N(C)CC)cc(CCCN2CCC3(CC2)C(=C)Nc2ccc(Cl)cc23)cc1C(F)(F)F)C1CC(C)C1. The number of hydrogen-bond donors (Lipinski definition) is 1. The lowest BCUT2D eigenvalue weighted by Gasteiger charge is -2.43. The first-order valence-corrected chi connectivity index (χ1v) is 15.2. The summed E-state index contributed by atoms with van der Waals surface area (Å²) in [6, 6.07) is 9.38. The molecule has 2 aromatic rings. The van der Waals surface area contributed by atoms with Crippen LogP contribution < -0.4 is 15.1 Å². The summed E-state index contributed by atoms with van der Waals surface area (Å²) in [6.07, 6.45) is 2.16. The number of allylic oxidation sites excluding steroid dienone is 1. The van der Waals surface area contributed by atoms with E-state index in [1.807, 2.05) is 37.1 Å². The van der Waals surface area contributed by atoms with Gasteiger partial charge < -0.3 is 20.0 Å². The molecule has 2 aliphatic heterocycles. The molecule has 1 aliphatic carbocycles. The first-order chi connectivity index (χ1) is 19.5. The van der Waals surface area contributed by atoms with Crippen LogP contribution in [-0.2, 0) is 18.0 Å². The molecule has 0 atom stereocenters. The first-order valence-electron chi connectivity index (χ1n) is 14.8. The molecule has 0 amide bonds. The summed E-state index contributed by atoms with van der Waals surface area (Å²) in [5.41, 5.74) is 4.28. The summed E-state index contributed by atoms with van der Waals surface area (Å²) >= 11 is 6.33. The Labute approximate surface area is 247 Å². The third kappa shape index (κ3) is 5.72. The van der Waals surface area contributed by atoms with Crippen LogP contribution in [0.1, 0.15) is 62.6 Å². The minimum absolute atomic E-state index is 0.0509. The highest BCUT2D eigenvalue weighted by atomic mass is 35.5. The molecule has 3 aliphatic rings. The molecule has 5 rings (SSSR count). The summed E-state index contributed by atoms with van der Waals surface area (Å²) < 4.78 is 43.6. The third-order valence-corrected chi connectivity index (χ3v) is 9.78. The van der Waals surface area contributed by atoms with E-state index in [4.69, 9.17) is 11.6 Å². The van der Waals surface area contributed by atoms with E-state index in [2.05, 4.69) is 36.4 Å². The number of likely N-dealkylation sites (tertiary alicyclic amines) is 1. The molecule has 2 fully saturated rings. The third-order valence-electron chi connectivity index (χ3n) is 9.55. The van der Waals surface area contributed by atoms with E-state index in [0.29, 0.717) is 24.6 Å². The summed E-state index contributed by atoms with van der Waals surface area (Å²) in [6.45, 7) is 15.6. The van der Waals surface area contributed by atoms with Gasteiger partial charge in [0.1, 0.15) is 0 Å². The largest absolute Gasteiger partial charge is 0.418 e. The minimum atomic E-state index is -4.45. The Balaban J connectivity index is 1.30. The van der Waals surface area contributed by atoms with Gasteiger partial charge in [-0.15, -0.1) is 0 Å². The zero-order valence-electron chi connectivity index (χ0n) is 24.5. The lowest BCUT2D eigenvalue weighted by Crippen LogP contribution is -2.43. The number of benzene rings is 2. The van der Waals surface area contributed by atoms with Crippen molar-refractivity contribution in [3.63, 3.8) is 0 Å². The number of rotatable bonds is 9. The van der Waals surface area contributed by atoms with E-state index in [0.717, 1.165) is 73.7 Å². The summed E-state index contributed by atoms with van der Waals surface area (Å²) in [5, 5.41) is 4.19. The van der Waals surface area contributed by atoms with E-state index >= 15 is 0 Å². The van der Waals surface area contributed by atoms with Crippen molar-refractivity contribution in [3.8, 4) is 0 Å². The maximum atomic E-state index is 14.5. The van der Waals surface area contributed by atoms with Gasteiger partial charge in [-0.2, -0.15) is 13.2 Å². The second kappa shape index (κ2) is 11.6. The van der Waals surface area contributed by atoms with Crippen LogP contribution in [0.4, 0.5) is 30.2 Å². The van der Waals surface area contributed by atoms with E-state index in [-0.39, 0.29) is 17.1 Å². The average Bonchev–Trinajstić information content (AvgIpc) is 3.18. The van der Waals surface area contributed by atoms with Crippen molar-refractivity contribution in [1.29, 1.82) is 0 Å². The number of piperidine rings is 1. The van der Waals surface area contributed by atoms with E-state index < -0.39 is 11.7 Å². The molecule has 8 heteroatoms. The van der Waals surface area contributed by atoms with Crippen LogP contribution in [0.5, 0.6) is 0 Å². The minimum Gasteiger partial charge on any atom is -0.373 e. The zero-order chi connectivity index (χ0) is 29.5. The molecule has 2 aromatic carbocycles. The quantitative estimate of drug-likeness (QED) is 0.318. The highest BCUT2D eigenvalue weighted by Gasteiger charge is 2.44. The normalized spacial score (nSPS) is 21.8. The fraction of sp³-hybridized carbons (Fsp3) is 0.515. The fourth-order valence-corrected chi connectivity index (χ4v) is 7.15. The molecule has 0 radical (unpaired) electrons. The van der Waals surface area contributed by atoms with E-state index in [9.17, 15) is 13.2 Å². The molecule has 1 saturated heterocycles. The Morgan fingerprint density at radius 1 is 1.17 bits per heavy atom. The van der Waals surface area contributed by atoms with Crippen LogP contribution in [0.2, 0.25) is 5.02 Å².